The molecule has 1 N–H and O–H groups in total. The number of hydrogen-bond donors (Lipinski definition) is 1. The van der Waals surface area contributed by atoms with Gasteiger partial charge in [0.25, 0.3) is 0 Å². The average Bonchev–Trinajstić information content (AvgIpc) is 2.98. The predicted octanol–water partition coefficient (Wildman–Crippen LogP) is 0.0805. The van der Waals surface area contributed by atoms with E-state index in [-0.39, 0.29) is 23.0 Å². The van der Waals surface area contributed by atoms with Gasteiger partial charge in [-0.2, -0.15) is 4.31 Å². The molecule has 1 aromatic carbocycles. The van der Waals surface area contributed by atoms with E-state index in [1.165, 1.54) is 11.4 Å². The molecule has 0 aromatic heterocycles. The summed E-state index contributed by atoms with van der Waals surface area (Å²) < 4.78 is 38.0. The highest BCUT2D eigenvalue weighted by molar-refractivity contribution is 7.89. The van der Waals surface area contributed by atoms with Crippen molar-refractivity contribution in [1.29, 1.82) is 0 Å². The molecule has 0 radical (unpaired) electrons. The van der Waals surface area contributed by atoms with Crippen molar-refractivity contribution in [3.63, 3.8) is 0 Å². The van der Waals surface area contributed by atoms with Gasteiger partial charge in [-0.15, -0.1) is 0 Å². The summed E-state index contributed by atoms with van der Waals surface area (Å²) in [7, 11) is -2.25. The van der Waals surface area contributed by atoms with Crippen molar-refractivity contribution >= 4 is 15.9 Å². The number of morpholine rings is 1. The lowest BCUT2D eigenvalue weighted by atomic mass is 10.1. The number of amides is 1. The summed E-state index contributed by atoms with van der Waals surface area (Å²) in [6, 6.07) is 4.95. The van der Waals surface area contributed by atoms with Crippen molar-refractivity contribution in [3.05, 3.63) is 23.8 Å². The van der Waals surface area contributed by atoms with E-state index in [0.717, 1.165) is 26.1 Å². The maximum atomic E-state index is 13.0. The van der Waals surface area contributed by atoms with E-state index in [1.54, 1.807) is 18.2 Å². The molecule has 1 amide bonds. The highest BCUT2D eigenvalue weighted by Crippen LogP contribution is 2.28. The second kappa shape index (κ2) is 9.01. The number of carbonyl (C=O) groups is 1. The number of ether oxygens (including phenoxy) is 2. The zero-order valence-electron chi connectivity index (χ0n) is 15.6. The van der Waals surface area contributed by atoms with E-state index >= 15 is 0 Å². The fourth-order valence-corrected chi connectivity index (χ4v) is 4.95. The van der Waals surface area contributed by atoms with E-state index < -0.39 is 10.0 Å². The van der Waals surface area contributed by atoms with Crippen LogP contribution in [0.5, 0.6) is 5.75 Å². The summed E-state index contributed by atoms with van der Waals surface area (Å²) in [5.41, 5.74) is 0.671. The molecule has 9 heteroatoms. The smallest absolute Gasteiger partial charge is 0.246 e. The number of rotatable bonds is 5. The van der Waals surface area contributed by atoms with Crippen LogP contribution in [0.4, 0.5) is 0 Å². The van der Waals surface area contributed by atoms with Crippen LogP contribution in [0.1, 0.15) is 12.0 Å². The van der Waals surface area contributed by atoms with Gasteiger partial charge in [0.1, 0.15) is 10.6 Å². The Morgan fingerprint density at radius 2 is 1.96 bits per heavy atom. The van der Waals surface area contributed by atoms with Crippen LogP contribution >= 0.6 is 0 Å². The van der Waals surface area contributed by atoms with Crippen molar-refractivity contribution in [3.8, 4) is 5.75 Å². The molecule has 2 fully saturated rings. The number of sulfonamides is 1. The Hall–Kier alpha value is -1.68. The SMILES string of the molecule is COc1ccc(CC(=O)N2CCCNCC2)cc1S(=O)(=O)N1CCOCC1. The fourth-order valence-electron chi connectivity index (χ4n) is 3.34. The number of hydrogen-bond acceptors (Lipinski definition) is 6. The fraction of sp³-hybridized carbons (Fsp3) is 0.611. The van der Waals surface area contributed by atoms with Gasteiger partial charge >= 0.3 is 0 Å². The normalized spacial score (nSPS) is 19.5. The van der Waals surface area contributed by atoms with Gasteiger partial charge in [-0.3, -0.25) is 4.79 Å². The lowest BCUT2D eigenvalue weighted by molar-refractivity contribution is -0.130. The van der Waals surface area contributed by atoms with Gasteiger partial charge in [-0.25, -0.2) is 8.42 Å². The number of carbonyl (C=O) groups excluding carboxylic acids is 1. The molecule has 0 saturated carbocycles. The van der Waals surface area contributed by atoms with Crippen LogP contribution in [-0.2, 0) is 26.0 Å². The summed E-state index contributed by atoms with van der Waals surface area (Å²) in [6.45, 7) is 4.48. The molecule has 1 aromatic rings. The van der Waals surface area contributed by atoms with Gasteiger partial charge in [-0.05, 0) is 30.7 Å². The van der Waals surface area contributed by atoms with Crippen LogP contribution < -0.4 is 10.1 Å². The molecule has 2 aliphatic heterocycles. The molecule has 2 aliphatic rings. The summed E-state index contributed by atoms with van der Waals surface area (Å²) in [4.78, 5) is 14.6. The third-order valence-corrected chi connectivity index (χ3v) is 6.78. The first-order chi connectivity index (χ1) is 13.0. The van der Waals surface area contributed by atoms with Gasteiger partial charge in [0, 0.05) is 32.7 Å². The minimum absolute atomic E-state index is 0.0126. The molecule has 3 rings (SSSR count). The molecule has 0 aliphatic carbocycles. The molecule has 0 atom stereocenters. The second-order valence-electron chi connectivity index (χ2n) is 6.66. The first kappa shape index (κ1) is 20.1. The molecule has 2 saturated heterocycles. The predicted molar refractivity (Wildman–Crippen MR) is 100 cm³/mol. The van der Waals surface area contributed by atoms with E-state index in [1.807, 2.05) is 4.90 Å². The highest BCUT2D eigenvalue weighted by atomic mass is 32.2. The largest absolute Gasteiger partial charge is 0.495 e. The molecular formula is C18H27N3O5S. The van der Waals surface area contributed by atoms with Crippen molar-refractivity contribution in [1.82, 2.24) is 14.5 Å². The summed E-state index contributed by atoms with van der Waals surface area (Å²) in [5.74, 6) is 0.301. The molecule has 0 bridgehead atoms. The van der Waals surface area contributed by atoms with E-state index in [0.29, 0.717) is 38.4 Å². The number of nitrogens with zero attached hydrogens (tertiary/aromatic N) is 2. The van der Waals surface area contributed by atoms with Gasteiger partial charge in [0.2, 0.25) is 15.9 Å². The Morgan fingerprint density at radius 1 is 1.19 bits per heavy atom. The van der Waals surface area contributed by atoms with Crippen LogP contribution in [0.3, 0.4) is 0 Å². The van der Waals surface area contributed by atoms with Crippen LogP contribution in [-0.4, -0.2) is 83.1 Å². The van der Waals surface area contributed by atoms with Crippen molar-refractivity contribution in [2.45, 2.75) is 17.7 Å². The first-order valence-electron chi connectivity index (χ1n) is 9.25. The molecular weight excluding hydrogens is 370 g/mol. The lowest BCUT2D eigenvalue weighted by Gasteiger charge is -2.27. The van der Waals surface area contributed by atoms with Gasteiger partial charge in [0.05, 0.1) is 26.7 Å². The molecule has 0 spiro atoms. The summed E-state index contributed by atoms with van der Waals surface area (Å²) in [6.07, 6.45) is 1.10. The Balaban J connectivity index is 1.81. The maximum Gasteiger partial charge on any atom is 0.246 e. The van der Waals surface area contributed by atoms with Gasteiger partial charge in [0.15, 0.2) is 0 Å². The lowest BCUT2D eigenvalue weighted by Crippen LogP contribution is -2.40. The quantitative estimate of drug-likeness (QED) is 0.757. The molecule has 2 heterocycles. The van der Waals surface area contributed by atoms with Crippen molar-refractivity contribution < 1.29 is 22.7 Å². The Labute approximate surface area is 160 Å². The van der Waals surface area contributed by atoms with E-state index in [4.69, 9.17) is 9.47 Å². The molecule has 27 heavy (non-hydrogen) atoms. The minimum atomic E-state index is -3.70. The zero-order chi connectivity index (χ0) is 19.3. The molecule has 8 nitrogen and oxygen atoms in total. The number of methoxy groups -OCH3 is 1. The van der Waals surface area contributed by atoms with Crippen LogP contribution in [0.2, 0.25) is 0 Å². The number of benzene rings is 1. The van der Waals surface area contributed by atoms with Crippen LogP contribution in [0.25, 0.3) is 0 Å². The Kier molecular flexibility index (Phi) is 6.69. The van der Waals surface area contributed by atoms with Crippen molar-refractivity contribution in [2.24, 2.45) is 0 Å². The topological polar surface area (TPSA) is 88.2 Å². The van der Waals surface area contributed by atoms with Gasteiger partial charge in [-0.1, -0.05) is 6.07 Å². The van der Waals surface area contributed by atoms with Crippen LogP contribution in [0, 0.1) is 0 Å². The van der Waals surface area contributed by atoms with E-state index in [2.05, 4.69) is 5.32 Å². The molecule has 150 valence electrons. The van der Waals surface area contributed by atoms with Crippen LogP contribution in [0.15, 0.2) is 23.1 Å². The third-order valence-electron chi connectivity index (χ3n) is 4.86. The van der Waals surface area contributed by atoms with Gasteiger partial charge < -0.3 is 19.7 Å². The highest BCUT2D eigenvalue weighted by Gasteiger charge is 2.29. The third kappa shape index (κ3) is 4.78. The maximum absolute atomic E-state index is 13.0. The van der Waals surface area contributed by atoms with Crippen molar-refractivity contribution in [2.75, 3.05) is 59.6 Å². The summed E-state index contributed by atoms with van der Waals surface area (Å²) in [5, 5.41) is 3.27. The second-order valence-corrected chi connectivity index (χ2v) is 8.57. The Morgan fingerprint density at radius 3 is 2.70 bits per heavy atom. The summed E-state index contributed by atoms with van der Waals surface area (Å²) >= 11 is 0. The molecule has 0 unspecified atom stereocenters. The number of nitrogens with one attached hydrogen (secondary N) is 1. The Bertz CT molecular complexity index is 754. The first-order valence-corrected chi connectivity index (χ1v) is 10.7. The van der Waals surface area contributed by atoms with E-state index in [9.17, 15) is 13.2 Å². The minimum Gasteiger partial charge on any atom is -0.495 e. The zero-order valence-corrected chi connectivity index (χ0v) is 16.5. The monoisotopic (exact) mass is 397 g/mol. The average molecular weight is 397 g/mol. The standard InChI is InChI=1S/C18H27N3O5S/c1-25-16-4-3-15(14-18(22)20-7-2-5-19-6-8-20)13-17(16)27(23,24)21-9-11-26-12-10-21/h3-4,13,19H,2,5-12,14H2,1H3.